The molecule has 1 aliphatic heterocycles. The molecule has 0 aliphatic carbocycles. The van der Waals surface area contributed by atoms with E-state index in [1.165, 1.54) is 0 Å². The maximum atomic E-state index is 12.2. The van der Waals surface area contributed by atoms with E-state index in [4.69, 9.17) is 10.5 Å². The number of rotatable bonds is 2. The van der Waals surface area contributed by atoms with E-state index < -0.39 is 0 Å². The molecule has 0 spiro atoms. The van der Waals surface area contributed by atoms with Crippen LogP contribution in [0.15, 0.2) is 42.5 Å². The number of nitrogen functional groups attached to an aromatic ring is 1. The van der Waals surface area contributed by atoms with Gasteiger partial charge in [-0.2, -0.15) is 0 Å². The molecule has 1 heterocycles. The third kappa shape index (κ3) is 2.44. The largest absolute Gasteiger partial charge is 0.460 e. The highest BCUT2D eigenvalue weighted by atomic mass is 16.5. The van der Waals surface area contributed by atoms with Gasteiger partial charge in [0.1, 0.15) is 12.5 Å². The molecule has 2 aromatic rings. The van der Waals surface area contributed by atoms with Crippen molar-refractivity contribution in [3.63, 3.8) is 0 Å². The summed E-state index contributed by atoms with van der Waals surface area (Å²) in [6, 6.07) is 13.5. The lowest BCUT2D eigenvalue weighted by atomic mass is 9.86. The van der Waals surface area contributed by atoms with Crippen molar-refractivity contribution in [3.8, 4) is 0 Å². The summed E-state index contributed by atoms with van der Waals surface area (Å²) < 4.78 is 5.35. The van der Waals surface area contributed by atoms with Crippen LogP contribution in [0.3, 0.4) is 0 Å². The van der Waals surface area contributed by atoms with Crippen molar-refractivity contribution in [1.29, 1.82) is 0 Å². The number of benzene rings is 2. The molecule has 0 radical (unpaired) electrons. The van der Waals surface area contributed by atoms with Crippen molar-refractivity contribution >= 4 is 17.3 Å². The second kappa shape index (κ2) is 5.13. The molecular weight excluding hydrogens is 264 g/mol. The standard InChI is InChI=1S/C17H18N2O2/c1-19(2)14-7-8-15-12(9-14)10-21-17(20)16(15)11-3-5-13(18)6-4-11/h3-9,16H,10,18H2,1-2H3. The first-order chi connectivity index (χ1) is 10.1. The third-order valence-electron chi connectivity index (χ3n) is 3.83. The van der Waals surface area contributed by atoms with Crippen molar-refractivity contribution in [2.75, 3.05) is 24.7 Å². The average Bonchev–Trinajstić information content (AvgIpc) is 2.48. The quantitative estimate of drug-likeness (QED) is 0.679. The van der Waals surface area contributed by atoms with Crippen LogP contribution in [0.25, 0.3) is 0 Å². The van der Waals surface area contributed by atoms with Gasteiger partial charge in [-0.3, -0.25) is 4.79 Å². The van der Waals surface area contributed by atoms with Gasteiger partial charge in [-0.05, 0) is 41.0 Å². The highest BCUT2D eigenvalue weighted by Crippen LogP contribution is 2.35. The van der Waals surface area contributed by atoms with E-state index in [1.807, 2.05) is 55.4 Å². The van der Waals surface area contributed by atoms with Crippen LogP contribution in [0.5, 0.6) is 0 Å². The first kappa shape index (κ1) is 13.5. The lowest BCUT2D eigenvalue weighted by molar-refractivity contribution is -0.147. The molecule has 2 aromatic carbocycles. The molecule has 0 fully saturated rings. The molecule has 0 aromatic heterocycles. The van der Waals surface area contributed by atoms with E-state index in [9.17, 15) is 4.79 Å². The van der Waals surface area contributed by atoms with Gasteiger partial charge in [0, 0.05) is 25.5 Å². The topological polar surface area (TPSA) is 55.6 Å². The van der Waals surface area contributed by atoms with Gasteiger partial charge in [0.25, 0.3) is 0 Å². The average molecular weight is 282 g/mol. The molecule has 0 bridgehead atoms. The summed E-state index contributed by atoms with van der Waals surface area (Å²) in [7, 11) is 3.99. The Labute approximate surface area is 124 Å². The fourth-order valence-corrected chi connectivity index (χ4v) is 2.64. The molecule has 1 unspecified atom stereocenters. The van der Waals surface area contributed by atoms with Crippen LogP contribution in [0.1, 0.15) is 22.6 Å². The zero-order valence-corrected chi connectivity index (χ0v) is 12.2. The fourth-order valence-electron chi connectivity index (χ4n) is 2.64. The Balaban J connectivity index is 2.07. The second-order valence-corrected chi connectivity index (χ2v) is 5.48. The molecule has 1 aliphatic rings. The smallest absolute Gasteiger partial charge is 0.318 e. The van der Waals surface area contributed by atoms with Crippen molar-refractivity contribution < 1.29 is 9.53 Å². The molecule has 2 N–H and O–H groups in total. The Kier molecular flexibility index (Phi) is 3.29. The molecule has 108 valence electrons. The molecule has 4 nitrogen and oxygen atoms in total. The summed E-state index contributed by atoms with van der Waals surface area (Å²) in [5.41, 5.74) is 10.5. The number of cyclic esters (lactones) is 1. The Hall–Kier alpha value is -2.49. The molecule has 21 heavy (non-hydrogen) atoms. The zero-order chi connectivity index (χ0) is 15.0. The fraction of sp³-hybridized carbons (Fsp3) is 0.235. The van der Waals surface area contributed by atoms with Gasteiger partial charge in [-0.1, -0.05) is 18.2 Å². The number of fused-ring (bicyclic) bond motifs is 1. The van der Waals surface area contributed by atoms with Crippen molar-refractivity contribution in [3.05, 3.63) is 59.2 Å². The number of carbonyl (C=O) groups is 1. The van der Waals surface area contributed by atoms with Crippen LogP contribution in [-0.2, 0) is 16.1 Å². The molecule has 4 heteroatoms. The SMILES string of the molecule is CN(C)c1ccc2c(c1)COC(=O)C2c1ccc(N)cc1. The van der Waals surface area contributed by atoms with Crippen LogP contribution in [0, 0.1) is 0 Å². The molecule has 1 atom stereocenters. The molecule has 0 saturated heterocycles. The lowest BCUT2D eigenvalue weighted by Gasteiger charge is -2.26. The van der Waals surface area contributed by atoms with Gasteiger partial charge in [0.2, 0.25) is 0 Å². The summed E-state index contributed by atoms with van der Waals surface area (Å²) in [4.78, 5) is 14.2. The van der Waals surface area contributed by atoms with Crippen molar-refractivity contribution in [2.45, 2.75) is 12.5 Å². The monoisotopic (exact) mass is 282 g/mol. The van der Waals surface area contributed by atoms with E-state index in [0.29, 0.717) is 12.3 Å². The minimum Gasteiger partial charge on any atom is -0.460 e. The first-order valence-electron chi connectivity index (χ1n) is 6.88. The van der Waals surface area contributed by atoms with Crippen molar-refractivity contribution in [2.24, 2.45) is 0 Å². The number of carbonyl (C=O) groups excluding carboxylic acids is 1. The molecule has 0 saturated carbocycles. The van der Waals surface area contributed by atoms with Crippen molar-refractivity contribution in [1.82, 2.24) is 0 Å². The van der Waals surface area contributed by atoms with Gasteiger partial charge in [-0.25, -0.2) is 0 Å². The van der Waals surface area contributed by atoms with Gasteiger partial charge < -0.3 is 15.4 Å². The van der Waals surface area contributed by atoms with E-state index in [1.54, 1.807) is 0 Å². The second-order valence-electron chi connectivity index (χ2n) is 5.48. The number of anilines is 2. The molecular formula is C17H18N2O2. The van der Waals surface area contributed by atoms with Gasteiger partial charge >= 0.3 is 5.97 Å². The number of nitrogens with zero attached hydrogens (tertiary/aromatic N) is 1. The zero-order valence-electron chi connectivity index (χ0n) is 12.2. The van der Waals surface area contributed by atoms with Crippen LogP contribution >= 0.6 is 0 Å². The minimum absolute atomic E-state index is 0.204. The van der Waals surface area contributed by atoms with Crippen LogP contribution in [-0.4, -0.2) is 20.1 Å². The number of nitrogens with two attached hydrogens (primary N) is 1. The summed E-state index contributed by atoms with van der Waals surface area (Å²) in [6.45, 7) is 0.335. The molecule has 3 rings (SSSR count). The maximum absolute atomic E-state index is 12.2. The van der Waals surface area contributed by atoms with Gasteiger partial charge in [-0.15, -0.1) is 0 Å². The minimum atomic E-state index is -0.370. The predicted molar refractivity (Wildman–Crippen MR) is 83.3 cm³/mol. The number of esters is 1. The third-order valence-corrected chi connectivity index (χ3v) is 3.83. The Morgan fingerprint density at radius 1 is 1.14 bits per heavy atom. The predicted octanol–water partition coefficient (Wildman–Crippen LogP) is 2.52. The maximum Gasteiger partial charge on any atom is 0.318 e. The van der Waals surface area contributed by atoms with E-state index in [-0.39, 0.29) is 11.9 Å². The van der Waals surface area contributed by atoms with E-state index in [0.717, 1.165) is 22.4 Å². The summed E-state index contributed by atoms with van der Waals surface area (Å²) in [5.74, 6) is -0.574. The van der Waals surface area contributed by atoms with Crippen LogP contribution < -0.4 is 10.6 Å². The molecule has 0 amide bonds. The summed E-state index contributed by atoms with van der Waals surface area (Å²) >= 11 is 0. The normalized spacial score (nSPS) is 17.0. The highest BCUT2D eigenvalue weighted by Gasteiger charge is 2.31. The number of hydrogen-bond donors (Lipinski definition) is 1. The van der Waals surface area contributed by atoms with Gasteiger partial charge in [0.15, 0.2) is 0 Å². The number of ether oxygens (including phenoxy) is 1. The summed E-state index contributed by atoms with van der Waals surface area (Å²) in [6.07, 6.45) is 0. The highest BCUT2D eigenvalue weighted by molar-refractivity contribution is 5.84. The Bertz CT molecular complexity index is 678. The summed E-state index contributed by atoms with van der Waals surface area (Å²) in [5, 5.41) is 0. The van der Waals surface area contributed by atoms with Crippen LogP contribution in [0.2, 0.25) is 0 Å². The van der Waals surface area contributed by atoms with Crippen LogP contribution in [0.4, 0.5) is 11.4 Å². The lowest BCUT2D eigenvalue weighted by Crippen LogP contribution is -2.24. The van der Waals surface area contributed by atoms with Gasteiger partial charge in [0.05, 0.1) is 0 Å². The Morgan fingerprint density at radius 3 is 2.52 bits per heavy atom. The van der Waals surface area contributed by atoms with E-state index in [2.05, 4.69) is 6.07 Å². The van der Waals surface area contributed by atoms with E-state index >= 15 is 0 Å². The Morgan fingerprint density at radius 2 is 1.86 bits per heavy atom. The first-order valence-corrected chi connectivity index (χ1v) is 6.88. The number of hydrogen-bond acceptors (Lipinski definition) is 4.